The zero-order valence-corrected chi connectivity index (χ0v) is 19.8. The Labute approximate surface area is 174 Å². The third kappa shape index (κ3) is 23.0. The highest BCUT2D eigenvalue weighted by molar-refractivity contribution is 5.21. The molecule has 0 fully saturated rings. The van der Waals surface area contributed by atoms with Gasteiger partial charge >= 0.3 is 0 Å². The van der Waals surface area contributed by atoms with Crippen molar-refractivity contribution < 1.29 is 14.2 Å². The minimum atomic E-state index is 0.794. The smallest absolute Gasteiger partial charge is 0.0589 e. The van der Waals surface area contributed by atoms with Crippen LogP contribution < -0.4 is 0 Å². The molecular weight excluding hydrogens is 354 g/mol. The molecule has 0 N–H and O–H groups in total. The van der Waals surface area contributed by atoms with E-state index in [0.29, 0.717) is 0 Å². The van der Waals surface area contributed by atoms with Gasteiger partial charge in [0.25, 0.3) is 0 Å². The van der Waals surface area contributed by atoms with Gasteiger partial charge in [-0.25, -0.2) is 0 Å². The lowest BCUT2D eigenvalue weighted by Crippen LogP contribution is -2.22. The molecule has 0 spiro atoms. The Hall–Kier alpha value is -1.02. The number of ether oxygens (including phenoxy) is 3. The Kier molecular flexibility index (Phi) is 21.6. The predicted octanol–water partition coefficient (Wildman–Crippen LogP) is 2.46. The number of aryl methyl sites for hydroxylation is 1. The summed E-state index contributed by atoms with van der Waals surface area (Å²) in [6.45, 7) is 8.54. The molecule has 0 atom stereocenters. The maximum atomic E-state index is 5.03. The summed E-state index contributed by atoms with van der Waals surface area (Å²) in [5, 5.41) is 0. The molecule has 1 rings (SSSR count). The van der Waals surface area contributed by atoms with Gasteiger partial charge < -0.3 is 24.0 Å². The van der Waals surface area contributed by atoms with Crippen LogP contribution >= 0.6 is 0 Å². The third-order valence-corrected chi connectivity index (χ3v) is 3.74. The minimum absolute atomic E-state index is 0.794. The fourth-order valence-electron chi connectivity index (χ4n) is 1.88. The quantitative estimate of drug-likeness (QED) is 0.569. The second-order valence-corrected chi connectivity index (χ2v) is 7.31. The van der Waals surface area contributed by atoms with Crippen molar-refractivity contribution in [3.05, 3.63) is 35.4 Å². The molecule has 1 aromatic carbocycles. The molecule has 28 heavy (non-hydrogen) atoms. The van der Waals surface area contributed by atoms with Crippen molar-refractivity contribution in [2.45, 2.75) is 13.5 Å². The number of nitrogens with zero attached hydrogens (tertiary/aromatic N) is 3. The fourth-order valence-corrected chi connectivity index (χ4v) is 1.88. The number of likely N-dealkylation sites (N-methyl/N-ethyl adjacent to an activating group) is 3. The Morgan fingerprint density at radius 1 is 0.643 bits per heavy atom. The molecule has 1 aromatic rings. The van der Waals surface area contributed by atoms with E-state index in [4.69, 9.17) is 14.2 Å². The van der Waals surface area contributed by atoms with Crippen LogP contribution in [-0.2, 0) is 20.8 Å². The van der Waals surface area contributed by atoms with Crippen molar-refractivity contribution in [1.82, 2.24) is 14.7 Å². The molecular formula is C22H45N3O3. The van der Waals surface area contributed by atoms with Gasteiger partial charge in [-0.2, -0.15) is 0 Å². The molecule has 0 aromatic heterocycles. The largest absolute Gasteiger partial charge is 0.383 e. The van der Waals surface area contributed by atoms with Gasteiger partial charge in [0.05, 0.1) is 19.8 Å². The lowest BCUT2D eigenvalue weighted by molar-refractivity contribution is 0.158. The summed E-state index contributed by atoms with van der Waals surface area (Å²) >= 11 is 0. The Morgan fingerprint density at radius 3 is 1.36 bits per heavy atom. The van der Waals surface area contributed by atoms with Crippen LogP contribution in [-0.4, -0.2) is 111 Å². The van der Waals surface area contributed by atoms with E-state index in [1.165, 1.54) is 11.1 Å². The molecule has 6 nitrogen and oxygen atoms in total. The van der Waals surface area contributed by atoms with E-state index < -0.39 is 0 Å². The van der Waals surface area contributed by atoms with E-state index >= 15 is 0 Å². The van der Waals surface area contributed by atoms with Gasteiger partial charge in [0, 0.05) is 47.5 Å². The highest BCUT2D eigenvalue weighted by Gasteiger charge is 1.99. The fraction of sp³-hybridized carbons (Fsp3) is 0.727. The molecule has 166 valence electrons. The Balaban J connectivity index is 0. The zero-order chi connectivity index (χ0) is 21.8. The summed E-state index contributed by atoms with van der Waals surface area (Å²) in [4.78, 5) is 6.43. The number of hydrogen-bond donors (Lipinski definition) is 0. The van der Waals surface area contributed by atoms with Crippen molar-refractivity contribution in [1.29, 1.82) is 0 Å². The van der Waals surface area contributed by atoms with Crippen LogP contribution in [0.4, 0.5) is 0 Å². The highest BCUT2D eigenvalue weighted by atomic mass is 16.5. The van der Waals surface area contributed by atoms with Gasteiger partial charge in [0.1, 0.15) is 0 Å². The van der Waals surface area contributed by atoms with Gasteiger partial charge in [-0.15, -0.1) is 0 Å². The summed E-state index contributed by atoms with van der Waals surface area (Å²) in [6.07, 6.45) is 0. The summed E-state index contributed by atoms with van der Waals surface area (Å²) in [5.41, 5.74) is 2.67. The van der Waals surface area contributed by atoms with E-state index in [9.17, 15) is 0 Å². The topological polar surface area (TPSA) is 37.4 Å². The number of benzene rings is 1. The van der Waals surface area contributed by atoms with Gasteiger partial charge in [-0.1, -0.05) is 29.8 Å². The van der Waals surface area contributed by atoms with Gasteiger partial charge in [0.2, 0.25) is 0 Å². The van der Waals surface area contributed by atoms with E-state index in [2.05, 4.69) is 52.9 Å². The van der Waals surface area contributed by atoms with Crippen LogP contribution in [0.5, 0.6) is 0 Å². The van der Waals surface area contributed by atoms with Gasteiger partial charge in [0.15, 0.2) is 0 Å². The third-order valence-electron chi connectivity index (χ3n) is 3.74. The first-order valence-electron chi connectivity index (χ1n) is 9.77. The van der Waals surface area contributed by atoms with Crippen molar-refractivity contribution >= 4 is 0 Å². The van der Waals surface area contributed by atoms with Crippen LogP contribution in [0.1, 0.15) is 11.1 Å². The summed E-state index contributed by atoms with van der Waals surface area (Å²) in [5.74, 6) is 0. The van der Waals surface area contributed by atoms with Crippen molar-refractivity contribution in [3.8, 4) is 0 Å². The molecule has 0 saturated carbocycles. The van der Waals surface area contributed by atoms with Crippen LogP contribution in [0.15, 0.2) is 24.3 Å². The number of methoxy groups -OCH3 is 3. The molecule has 0 aliphatic heterocycles. The second-order valence-electron chi connectivity index (χ2n) is 7.31. The van der Waals surface area contributed by atoms with E-state index in [1.807, 2.05) is 28.2 Å². The molecule has 0 aliphatic carbocycles. The van der Waals surface area contributed by atoms with Crippen molar-refractivity contribution in [3.63, 3.8) is 0 Å². The number of rotatable bonds is 11. The van der Waals surface area contributed by atoms with E-state index in [1.54, 1.807) is 21.3 Å². The first kappa shape index (κ1) is 29.2. The maximum Gasteiger partial charge on any atom is 0.0589 e. The average Bonchev–Trinajstić information content (AvgIpc) is 2.66. The van der Waals surface area contributed by atoms with Crippen LogP contribution in [0.25, 0.3) is 0 Å². The van der Waals surface area contributed by atoms with Crippen molar-refractivity contribution in [2.75, 3.05) is 96.0 Å². The first-order chi connectivity index (χ1) is 13.3. The monoisotopic (exact) mass is 399 g/mol. The molecule has 0 saturated heterocycles. The lowest BCUT2D eigenvalue weighted by atomic mass is 10.1. The highest BCUT2D eigenvalue weighted by Crippen LogP contribution is 2.05. The molecule has 0 unspecified atom stereocenters. The second kappa shape index (κ2) is 20.7. The van der Waals surface area contributed by atoms with Crippen LogP contribution in [0, 0.1) is 6.92 Å². The zero-order valence-electron chi connectivity index (χ0n) is 19.8. The van der Waals surface area contributed by atoms with Crippen LogP contribution in [0.3, 0.4) is 0 Å². The van der Waals surface area contributed by atoms with Crippen molar-refractivity contribution in [2.24, 2.45) is 0 Å². The standard InChI is InChI=1S/C12H19NO.2C5H13NO/c1-11-4-6-12(7-5-11)10-13(2)8-9-14-3;2*1-6(2)4-5-7-3/h4-7H,8-10H2,1-3H3;2*4-5H2,1-3H3. The molecule has 6 heteroatoms. The average molecular weight is 400 g/mol. The number of hydrogen-bond acceptors (Lipinski definition) is 6. The predicted molar refractivity (Wildman–Crippen MR) is 120 cm³/mol. The SMILES string of the molecule is COCCN(C)C.COCCN(C)C.COCCN(C)Cc1ccc(C)cc1. The van der Waals surface area contributed by atoms with Gasteiger partial charge in [-0.05, 0) is 47.7 Å². The Morgan fingerprint density at radius 2 is 1.04 bits per heavy atom. The first-order valence-corrected chi connectivity index (χ1v) is 9.77. The normalized spacial score (nSPS) is 10.6. The summed E-state index contributed by atoms with van der Waals surface area (Å²) < 4.78 is 14.6. The molecule has 0 radical (unpaired) electrons. The molecule has 0 amide bonds. The van der Waals surface area contributed by atoms with Crippen LogP contribution in [0.2, 0.25) is 0 Å². The maximum absolute atomic E-state index is 5.03. The molecule has 0 heterocycles. The van der Waals surface area contributed by atoms with E-state index in [0.717, 1.165) is 46.0 Å². The van der Waals surface area contributed by atoms with E-state index in [-0.39, 0.29) is 0 Å². The lowest BCUT2D eigenvalue weighted by Gasteiger charge is -2.15. The minimum Gasteiger partial charge on any atom is -0.383 e. The van der Waals surface area contributed by atoms with Gasteiger partial charge in [-0.3, -0.25) is 4.90 Å². The summed E-state index contributed by atoms with van der Waals surface area (Å²) in [7, 11) is 15.4. The molecule has 0 aliphatic rings. The Bertz CT molecular complexity index is 414. The molecule has 0 bridgehead atoms. The summed E-state index contributed by atoms with van der Waals surface area (Å²) in [6, 6.07) is 8.66.